The van der Waals surface area contributed by atoms with Gasteiger partial charge in [0.05, 0.1) is 6.21 Å². The molecule has 0 amide bonds. The number of aliphatic imine (C=N–C) groups is 1. The molecule has 0 unspecified atom stereocenters. The average Bonchev–Trinajstić information content (AvgIpc) is 2.05. The van der Waals surface area contributed by atoms with Gasteiger partial charge in [-0.3, -0.25) is 4.99 Å². The molecule has 13 heavy (non-hydrogen) atoms. The molecule has 0 rings (SSSR count). The molecule has 0 aromatic rings. The summed E-state index contributed by atoms with van der Waals surface area (Å²) in [6.07, 6.45) is 8.74. The molecule has 0 bridgehead atoms. The van der Waals surface area contributed by atoms with E-state index < -0.39 is 0 Å². The van der Waals surface area contributed by atoms with Crippen molar-refractivity contribution >= 4 is 6.21 Å². The lowest BCUT2D eigenvalue weighted by molar-refractivity contribution is 0.656. The maximum Gasteiger partial charge on any atom is 0.0707 e. The van der Waals surface area contributed by atoms with Crippen LogP contribution in [0.4, 0.5) is 0 Å². The van der Waals surface area contributed by atoms with E-state index in [9.17, 15) is 0 Å². The normalized spacial score (nSPS) is 12.5. The predicted octanol–water partition coefficient (Wildman–Crippen LogP) is 1.75. The number of nitrogens with zero attached hydrogens (tertiary/aromatic N) is 1. The molecule has 70 valence electrons. The molecule has 0 atom stereocenters. The Kier molecular flexibility index (Phi) is 5.38. The van der Waals surface area contributed by atoms with Crippen LogP contribution in [0.2, 0.25) is 0 Å². The molecule has 0 aromatic carbocycles. The summed E-state index contributed by atoms with van der Waals surface area (Å²) in [5.74, 6) is 5.91. The molecule has 0 aliphatic rings. The Balaban J connectivity index is 4.33. The second-order valence-corrected chi connectivity index (χ2v) is 3.12. The second kappa shape index (κ2) is 6.07. The van der Waals surface area contributed by atoms with E-state index in [4.69, 9.17) is 5.73 Å². The maximum atomic E-state index is 5.19. The summed E-state index contributed by atoms with van der Waals surface area (Å²) in [5.41, 5.74) is 5.05. The molecular formula is C11H16N2. The molecule has 0 aromatic heterocycles. The Morgan fingerprint density at radius 2 is 2.00 bits per heavy atom. The van der Waals surface area contributed by atoms with Crippen LogP contribution < -0.4 is 5.73 Å². The molecule has 0 heterocycles. The zero-order chi connectivity index (χ0) is 10.2. The summed E-state index contributed by atoms with van der Waals surface area (Å²) in [6, 6.07) is 0. The second-order valence-electron chi connectivity index (χ2n) is 3.12. The molecule has 0 spiro atoms. The van der Waals surface area contributed by atoms with E-state index in [-0.39, 0.29) is 5.41 Å². The van der Waals surface area contributed by atoms with Gasteiger partial charge >= 0.3 is 0 Å². The lowest BCUT2D eigenvalue weighted by atomic mass is 9.94. The number of rotatable bonds is 2. The van der Waals surface area contributed by atoms with Crippen molar-refractivity contribution in [2.75, 3.05) is 7.05 Å². The standard InChI is InChI=1S/C11H16N2/c1-11(2,7-4-5-9-12)8-6-10-13-3/h4-5,7,9-10H,12H2,1-3H3/b7-4-,9-5+,13-10?. The van der Waals surface area contributed by atoms with Crippen LogP contribution in [0.5, 0.6) is 0 Å². The molecule has 2 N–H and O–H groups in total. The minimum Gasteiger partial charge on any atom is -0.405 e. The third-order valence-electron chi connectivity index (χ3n) is 1.32. The molecule has 2 heteroatoms. The monoisotopic (exact) mass is 176 g/mol. The molecular weight excluding hydrogens is 160 g/mol. The lowest BCUT2D eigenvalue weighted by Gasteiger charge is -2.09. The first-order chi connectivity index (χ1) is 6.12. The van der Waals surface area contributed by atoms with E-state index in [0.29, 0.717) is 0 Å². The van der Waals surface area contributed by atoms with Crippen molar-refractivity contribution in [1.29, 1.82) is 0 Å². The minimum atomic E-state index is -0.138. The van der Waals surface area contributed by atoms with Gasteiger partial charge in [-0.2, -0.15) is 0 Å². The van der Waals surface area contributed by atoms with Crippen molar-refractivity contribution in [2.24, 2.45) is 16.1 Å². The summed E-state index contributed by atoms with van der Waals surface area (Å²) in [7, 11) is 1.70. The topological polar surface area (TPSA) is 38.4 Å². The highest BCUT2D eigenvalue weighted by molar-refractivity contribution is 5.78. The van der Waals surface area contributed by atoms with Crippen LogP contribution in [0.1, 0.15) is 13.8 Å². The van der Waals surface area contributed by atoms with Gasteiger partial charge in [-0.25, -0.2) is 0 Å². The highest BCUT2D eigenvalue weighted by Crippen LogP contribution is 2.14. The summed E-state index contributed by atoms with van der Waals surface area (Å²) < 4.78 is 0. The number of hydrogen-bond acceptors (Lipinski definition) is 2. The van der Waals surface area contributed by atoms with Gasteiger partial charge in [0.2, 0.25) is 0 Å². The first kappa shape index (κ1) is 11.5. The number of nitrogens with two attached hydrogens (primary N) is 1. The first-order valence-electron chi connectivity index (χ1n) is 4.12. The molecule has 0 radical (unpaired) electrons. The maximum absolute atomic E-state index is 5.19. The number of allylic oxidation sites excluding steroid dienone is 3. The minimum absolute atomic E-state index is 0.138. The van der Waals surface area contributed by atoms with Crippen molar-refractivity contribution in [1.82, 2.24) is 0 Å². The number of hydrogen-bond donors (Lipinski definition) is 1. The van der Waals surface area contributed by atoms with Gasteiger partial charge in [0.1, 0.15) is 0 Å². The van der Waals surface area contributed by atoms with E-state index in [2.05, 4.69) is 16.8 Å². The van der Waals surface area contributed by atoms with Crippen LogP contribution >= 0.6 is 0 Å². The van der Waals surface area contributed by atoms with Gasteiger partial charge in [-0.1, -0.05) is 24.0 Å². The highest BCUT2D eigenvalue weighted by atomic mass is 14.6. The van der Waals surface area contributed by atoms with Gasteiger partial charge in [-0.05, 0) is 26.1 Å². The largest absolute Gasteiger partial charge is 0.405 e. The summed E-state index contributed by atoms with van der Waals surface area (Å²) in [4.78, 5) is 3.78. The summed E-state index contributed by atoms with van der Waals surface area (Å²) >= 11 is 0. The zero-order valence-electron chi connectivity index (χ0n) is 8.41. The third-order valence-corrected chi connectivity index (χ3v) is 1.32. The van der Waals surface area contributed by atoms with E-state index in [1.165, 1.54) is 6.20 Å². The van der Waals surface area contributed by atoms with Crippen LogP contribution in [0.15, 0.2) is 29.4 Å². The SMILES string of the molecule is CN=CC#CC(C)(C)/C=C\C=C\N. The van der Waals surface area contributed by atoms with Crippen molar-refractivity contribution in [3.63, 3.8) is 0 Å². The van der Waals surface area contributed by atoms with Crippen LogP contribution in [0.3, 0.4) is 0 Å². The molecule has 0 aliphatic carbocycles. The molecule has 0 saturated carbocycles. The first-order valence-corrected chi connectivity index (χ1v) is 4.12. The van der Waals surface area contributed by atoms with Crippen molar-refractivity contribution in [3.8, 4) is 11.8 Å². The van der Waals surface area contributed by atoms with Gasteiger partial charge in [0.25, 0.3) is 0 Å². The van der Waals surface area contributed by atoms with Crippen LogP contribution in [-0.4, -0.2) is 13.3 Å². The van der Waals surface area contributed by atoms with Gasteiger partial charge < -0.3 is 5.73 Å². The fourth-order valence-corrected chi connectivity index (χ4v) is 0.685. The van der Waals surface area contributed by atoms with Crippen LogP contribution in [0, 0.1) is 17.3 Å². The van der Waals surface area contributed by atoms with E-state index >= 15 is 0 Å². The summed E-state index contributed by atoms with van der Waals surface area (Å²) in [6.45, 7) is 4.06. The zero-order valence-corrected chi connectivity index (χ0v) is 8.41. The van der Waals surface area contributed by atoms with E-state index in [0.717, 1.165) is 0 Å². The van der Waals surface area contributed by atoms with Crippen molar-refractivity contribution in [3.05, 3.63) is 24.4 Å². The Morgan fingerprint density at radius 1 is 1.31 bits per heavy atom. The van der Waals surface area contributed by atoms with Crippen molar-refractivity contribution in [2.45, 2.75) is 13.8 Å². The molecule has 0 aliphatic heterocycles. The molecule has 0 saturated heterocycles. The predicted molar refractivity (Wildman–Crippen MR) is 58.4 cm³/mol. The fourth-order valence-electron chi connectivity index (χ4n) is 0.685. The van der Waals surface area contributed by atoms with Crippen molar-refractivity contribution < 1.29 is 0 Å². The van der Waals surface area contributed by atoms with Crippen LogP contribution in [-0.2, 0) is 0 Å². The van der Waals surface area contributed by atoms with Gasteiger partial charge in [-0.15, -0.1) is 0 Å². The summed E-state index contributed by atoms with van der Waals surface area (Å²) in [5, 5.41) is 0. The molecule has 0 fully saturated rings. The smallest absolute Gasteiger partial charge is 0.0707 e. The Morgan fingerprint density at radius 3 is 2.54 bits per heavy atom. The van der Waals surface area contributed by atoms with Gasteiger partial charge in [0.15, 0.2) is 0 Å². The molecule has 2 nitrogen and oxygen atoms in total. The van der Waals surface area contributed by atoms with Crippen LogP contribution in [0.25, 0.3) is 0 Å². The third kappa shape index (κ3) is 6.89. The average molecular weight is 176 g/mol. The quantitative estimate of drug-likeness (QED) is 0.388. The highest BCUT2D eigenvalue weighted by Gasteiger charge is 2.07. The van der Waals surface area contributed by atoms with Gasteiger partial charge in [0, 0.05) is 12.5 Å². The van der Waals surface area contributed by atoms with E-state index in [1.54, 1.807) is 19.3 Å². The Labute approximate surface area is 80.2 Å². The Hall–Kier alpha value is -1.49. The lowest BCUT2D eigenvalue weighted by Crippen LogP contribution is -2.02. The van der Waals surface area contributed by atoms with E-state index in [1.807, 2.05) is 26.0 Å². The fraction of sp³-hybridized carbons (Fsp3) is 0.364. The Bertz CT molecular complexity index is 272.